The van der Waals surface area contributed by atoms with Crippen LogP contribution in [0, 0.1) is 15.9 Å². The topological polar surface area (TPSA) is 103 Å². The number of hydrogen-bond donors (Lipinski definition) is 1. The number of hydrogen-bond acceptors (Lipinski definition) is 5. The fourth-order valence-corrected chi connectivity index (χ4v) is 1.92. The molecule has 0 spiro atoms. The summed E-state index contributed by atoms with van der Waals surface area (Å²) >= 11 is 0. The normalized spacial score (nSPS) is 11.6. The number of rotatable bonds is 5. The molecule has 2 aromatic rings. The second-order valence-electron chi connectivity index (χ2n) is 4.97. The Morgan fingerprint density at radius 2 is 2.04 bits per heavy atom. The van der Waals surface area contributed by atoms with E-state index in [1.54, 1.807) is 6.07 Å². The number of ether oxygens (including phenoxy) is 1. The summed E-state index contributed by atoms with van der Waals surface area (Å²) in [5, 5.41) is 13.0. The fourth-order valence-electron chi connectivity index (χ4n) is 1.92. The smallest absolute Gasteiger partial charge is 0.355 e. The highest BCUT2D eigenvalue weighted by molar-refractivity contribution is 5.97. The molecule has 8 nitrogen and oxygen atoms in total. The molecule has 24 heavy (non-hydrogen) atoms. The van der Waals surface area contributed by atoms with E-state index >= 15 is 0 Å². The molecule has 0 bridgehead atoms. The minimum atomic E-state index is -1.22. The molecule has 0 aliphatic heterocycles. The van der Waals surface area contributed by atoms with Crippen LogP contribution in [0.1, 0.15) is 17.4 Å². The SMILES string of the molecule is CC(OC(=O)c1cc([N+](=O)[O-])cn1C)C(=O)Nc1ccccc1F. The second-order valence-corrected chi connectivity index (χ2v) is 4.97. The number of aryl methyl sites for hydroxylation is 1. The van der Waals surface area contributed by atoms with Crippen molar-refractivity contribution in [1.29, 1.82) is 0 Å². The summed E-state index contributed by atoms with van der Waals surface area (Å²) in [6.45, 7) is 1.31. The Kier molecular flexibility index (Phi) is 4.93. The van der Waals surface area contributed by atoms with Gasteiger partial charge < -0.3 is 14.6 Å². The number of carbonyl (C=O) groups excluding carboxylic acids is 2. The van der Waals surface area contributed by atoms with Gasteiger partial charge in [0.25, 0.3) is 11.6 Å². The molecular weight excluding hydrogens is 321 g/mol. The van der Waals surface area contributed by atoms with Crippen molar-refractivity contribution in [3.8, 4) is 0 Å². The molecule has 1 heterocycles. The summed E-state index contributed by atoms with van der Waals surface area (Å²) in [5.74, 6) is -2.25. The van der Waals surface area contributed by atoms with Crippen molar-refractivity contribution in [2.24, 2.45) is 7.05 Å². The summed E-state index contributed by atoms with van der Waals surface area (Å²) < 4.78 is 19.7. The molecule has 0 radical (unpaired) electrons. The zero-order valence-electron chi connectivity index (χ0n) is 12.9. The third kappa shape index (κ3) is 3.75. The van der Waals surface area contributed by atoms with Gasteiger partial charge in [0.2, 0.25) is 0 Å². The molecule has 1 aromatic carbocycles. The molecule has 2 rings (SSSR count). The summed E-state index contributed by atoms with van der Waals surface area (Å²) in [5.41, 5.74) is -0.389. The van der Waals surface area contributed by atoms with Crippen molar-refractivity contribution in [2.75, 3.05) is 5.32 Å². The van der Waals surface area contributed by atoms with Crippen molar-refractivity contribution in [2.45, 2.75) is 13.0 Å². The largest absolute Gasteiger partial charge is 0.448 e. The van der Waals surface area contributed by atoms with Crippen LogP contribution in [0.4, 0.5) is 15.8 Å². The highest BCUT2D eigenvalue weighted by atomic mass is 19.1. The van der Waals surface area contributed by atoms with Gasteiger partial charge in [-0.25, -0.2) is 9.18 Å². The molecule has 1 N–H and O–H groups in total. The minimum absolute atomic E-state index is 0.0418. The average molecular weight is 335 g/mol. The predicted molar refractivity (Wildman–Crippen MR) is 82.0 cm³/mol. The molecule has 0 saturated heterocycles. The van der Waals surface area contributed by atoms with Gasteiger partial charge in [0.15, 0.2) is 6.10 Å². The first-order chi connectivity index (χ1) is 11.3. The number of benzene rings is 1. The van der Waals surface area contributed by atoms with Crippen LogP contribution in [-0.2, 0) is 16.6 Å². The third-order valence-corrected chi connectivity index (χ3v) is 3.20. The molecule has 0 aliphatic carbocycles. The lowest BCUT2D eigenvalue weighted by molar-refractivity contribution is -0.384. The van der Waals surface area contributed by atoms with Gasteiger partial charge >= 0.3 is 5.97 Å². The fraction of sp³-hybridized carbons (Fsp3) is 0.200. The molecule has 1 aromatic heterocycles. The van der Waals surface area contributed by atoms with E-state index in [0.717, 1.165) is 12.3 Å². The molecule has 1 amide bonds. The summed E-state index contributed by atoms with van der Waals surface area (Å²) in [7, 11) is 1.44. The molecule has 126 valence electrons. The first kappa shape index (κ1) is 17.1. The van der Waals surface area contributed by atoms with E-state index in [2.05, 4.69) is 5.32 Å². The zero-order valence-corrected chi connectivity index (χ0v) is 12.9. The molecule has 9 heteroatoms. The van der Waals surface area contributed by atoms with E-state index < -0.39 is 28.7 Å². The number of aromatic nitrogens is 1. The van der Waals surface area contributed by atoms with E-state index in [0.29, 0.717) is 0 Å². The van der Waals surface area contributed by atoms with E-state index in [9.17, 15) is 24.1 Å². The maximum Gasteiger partial charge on any atom is 0.355 e. The summed E-state index contributed by atoms with van der Waals surface area (Å²) in [6, 6.07) is 6.59. The van der Waals surface area contributed by atoms with Gasteiger partial charge in [-0.3, -0.25) is 14.9 Å². The number of esters is 1. The van der Waals surface area contributed by atoms with Crippen LogP contribution in [0.2, 0.25) is 0 Å². The number of halogens is 1. The van der Waals surface area contributed by atoms with Crippen LogP contribution in [0.25, 0.3) is 0 Å². The maximum absolute atomic E-state index is 13.5. The Morgan fingerprint density at radius 3 is 2.62 bits per heavy atom. The van der Waals surface area contributed by atoms with E-state index in [4.69, 9.17) is 4.74 Å². The van der Waals surface area contributed by atoms with Crippen molar-refractivity contribution in [1.82, 2.24) is 4.57 Å². The Balaban J connectivity index is 2.04. The summed E-state index contributed by atoms with van der Waals surface area (Å²) in [6.07, 6.45) is -0.0632. The highest BCUT2D eigenvalue weighted by Gasteiger charge is 2.24. The molecular formula is C15H14FN3O5. The van der Waals surface area contributed by atoms with Gasteiger partial charge in [-0.1, -0.05) is 12.1 Å². The Bertz CT molecular complexity index is 802. The van der Waals surface area contributed by atoms with Gasteiger partial charge in [-0.2, -0.15) is 0 Å². The number of anilines is 1. The quantitative estimate of drug-likeness (QED) is 0.513. The van der Waals surface area contributed by atoms with Crippen molar-refractivity contribution >= 4 is 23.3 Å². The molecule has 0 fully saturated rings. The summed E-state index contributed by atoms with van der Waals surface area (Å²) in [4.78, 5) is 34.0. The molecule has 0 saturated carbocycles. The van der Waals surface area contributed by atoms with Crippen LogP contribution in [-0.4, -0.2) is 27.5 Å². The van der Waals surface area contributed by atoms with Gasteiger partial charge in [-0.15, -0.1) is 0 Å². The van der Waals surface area contributed by atoms with E-state index in [1.165, 1.54) is 36.7 Å². The Hall–Kier alpha value is -3.23. The zero-order chi connectivity index (χ0) is 17.9. The first-order valence-corrected chi connectivity index (χ1v) is 6.86. The molecule has 1 atom stereocenters. The standard InChI is InChI=1S/C15H14FN3O5/c1-9(14(20)17-12-6-4-3-5-11(12)16)24-15(21)13-7-10(19(22)23)8-18(13)2/h3-9H,1-2H3,(H,17,20). The second kappa shape index (κ2) is 6.90. The first-order valence-electron chi connectivity index (χ1n) is 6.86. The van der Waals surface area contributed by atoms with Crippen LogP contribution >= 0.6 is 0 Å². The van der Waals surface area contributed by atoms with Crippen LogP contribution < -0.4 is 5.32 Å². The van der Waals surface area contributed by atoms with Gasteiger partial charge in [0.1, 0.15) is 11.5 Å². The lowest BCUT2D eigenvalue weighted by Crippen LogP contribution is -2.30. The lowest BCUT2D eigenvalue weighted by Gasteiger charge is -2.14. The van der Waals surface area contributed by atoms with Crippen molar-refractivity contribution in [3.05, 3.63) is 58.2 Å². The number of amides is 1. The molecule has 0 aliphatic rings. The highest BCUT2D eigenvalue weighted by Crippen LogP contribution is 2.17. The molecule has 1 unspecified atom stereocenters. The average Bonchev–Trinajstić information content (AvgIpc) is 2.91. The van der Waals surface area contributed by atoms with Gasteiger partial charge in [0.05, 0.1) is 16.8 Å². The number of nitrogens with zero attached hydrogens (tertiary/aromatic N) is 2. The Labute approximate surface area is 136 Å². The lowest BCUT2D eigenvalue weighted by atomic mass is 10.3. The predicted octanol–water partition coefficient (Wildman–Crippen LogP) is 2.26. The van der Waals surface area contributed by atoms with E-state index in [1.807, 2.05) is 0 Å². The van der Waals surface area contributed by atoms with Crippen LogP contribution in [0.3, 0.4) is 0 Å². The van der Waals surface area contributed by atoms with Crippen molar-refractivity contribution < 1.29 is 23.6 Å². The monoisotopic (exact) mass is 335 g/mol. The number of para-hydroxylation sites is 1. The van der Waals surface area contributed by atoms with Crippen molar-refractivity contribution in [3.63, 3.8) is 0 Å². The minimum Gasteiger partial charge on any atom is -0.448 e. The Morgan fingerprint density at radius 1 is 1.38 bits per heavy atom. The maximum atomic E-state index is 13.5. The third-order valence-electron chi connectivity index (χ3n) is 3.20. The number of carbonyl (C=O) groups is 2. The number of nitrogens with one attached hydrogen (secondary N) is 1. The van der Waals surface area contributed by atoms with E-state index in [-0.39, 0.29) is 17.1 Å². The van der Waals surface area contributed by atoms with Crippen LogP contribution in [0.15, 0.2) is 36.5 Å². The van der Waals surface area contributed by atoms with Crippen LogP contribution in [0.5, 0.6) is 0 Å². The van der Waals surface area contributed by atoms with Gasteiger partial charge in [0, 0.05) is 13.1 Å². The number of nitro groups is 1. The van der Waals surface area contributed by atoms with Gasteiger partial charge in [-0.05, 0) is 19.1 Å².